The largest absolute Gasteiger partial charge is 0.457 e. The highest BCUT2D eigenvalue weighted by Gasteiger charge is 2.29. The molecule has 2 aliphatic heterocycles. The van der Waals surface area contributed by atoms with E-state index in [-0.39, 0.29) is 42.5 Å². The van der Waals surface area contributed by atoms with E-state index in [4.69, 9.17) is 4.74 Å². The summed E-state index contributed by atoms with van der Waals surface area (Å²) in [5.74, 6) is 0.203. The van der Waals surface area contributed by atoms with E-state index in [2.05, 4.69) is 34.3 Å². The third kappa shape index (κ3) is 7.55. The minimum absolute atomic E-state index is 0.0159. The molecule has 0 spiro atoms. The molecule has 43 heavy (non-hydrogen) atoms. The molecule has 0 radical (unpaired) electrons. The highest BCUT2D eigenvalue weighted by atomic mass is 19.1. The van der Waals surface area contributed by atoms with Gasteiger partial charge in [-0.15, -0.1) is 0 Å². The summed E-state index contributed by atoms with van der Waals surface area (Å²) >= 11 is 0. The Morgan fingerprint density at radius 3 is 2.47 bits per heavy atom. The summed E-state index contributed by atoms with van der Waals surface area (Å²) in [7, 11) is 0. The first-order valence-corrected chi connectivity index (χ1v) is 15.1. The molecule has 3 heterocycles. The van der Waals surface area contributed by atoms with Gasteiger partial charge in [0.2, 0.25) is 5.91 Å². The maximum atomic E-state index is 15.4. The Hall–Kier alpha value is -3.89. The van der Waals surface area contributed by atoms with Gasteiger partial charge in [-0.3, -0.25) is 9.59 Å². The van der Waals surface area contributed by atoms with Gasteiger partial charge in [0.25, 0.3) is 5.91 Å². The van der Waals surface area contributed by atoms with Crippen molar-refractivity contribution < 1.29 is 23.8 Å². The fourth-order valence-corrected chi connectivity index (χ4v) is 5.65. The topological polar surface area (TPSA) is 108 Å². The van der Waals surface area contributed by atoms with E-state index in [1.165, 1.54) is 12.1 Å². The van der Waals surface area contributed by atoms with Crippen LogP contribution in [0.2, 0.25) is 0 Å². The summed E-state index contributed by atoms with van der Waals surface area (Å²) in [6.45, 7) is 9.14. The van der Waals surface area contributed by atoms with Gasteiger partial charge >= 0.3 is 0 Å². The molecule has 2 N–H and O–H groups in total. The number of piperidine rings is 1. The van der Waals surface area contributed by atoms with Crippen LogP contribution < -0.4 is 10.1 Å². The summed E-state index contributed by atoms with van der Waals surface area (Å²) in [6, 6.07) is 13.9. The Balaban J connectivity index is 1.36. The van der Waals surface area contributed by atoms with Crippen molar-refractivity contribution in [2.75, 3.05) is 32.8 Å². The van der Waals surface area contributed by atoms with E-state index in [1.807, 2.05) is 31.2 Å². The van der Waals surface area contributed by atoms with Crippen LogP contribution in [0.5, 0.6) is 11.5 Å². The smallest absolute Gasteiger partial charge is 0.254 e. The van der Waals surface area contributed by atoms with E-state index in [0.717, 1.165) is 42.9 Å². The second-order valence-corrected chi connectivity index (χ2v) is 12.0. The van der Waals surface area contributed by atoms with Crippen LogP contribution in [-0.2, 0) is 11.3 Å². The number of β-amino-alcohol motifs (C(OH)–C–C–N with tert-alkyl or cyclic N) is 1. The van der Waals surface area contributed by atoms with Gasteiger partial charge in [0, 0.05) is 56.3 Å². The van der Waals surface area contributed by atoms with Gasteiger partial charge in [-0.1, -0.05) is 20.8 Å². The fourth-order valence-electron chi connectivity index (χ4n) is 5.65. The standard InChI is InChI=1S/C33H40FN5O4/c1-21(2)29-8-9-30(37-36-29)23-4-6-26(7-5-23)43-31-18-27(33(42)35-25-10-12-38(13-11-25)14-15-40)28(34)17-24(31)20-39-19-22(3)16-32(39)41/h4-9,17-18,21-22,25,40H,10-16,19-20H2,1-3H3,(H,35,42). The lowest BCUT2D eigenvalue weighted by Gasteiger charge is -2.31. The molecule has 0 aliphatic carbocycles. The van der Waals surface area contributed by atoms with Crippen LogP contribution >= 0.6 is 0 Å². The molecule has 9 nitrogen and oxygen atoms in total. The zero-order valence-electron chi connectivity index (χ0n) is 25.1. The van der Waals surface area contributed by atoms with Crippen LogP contribution in [-0.4, -0.2) is 75.7 Å². The van der Waals surface area contributed by atoms with E-state index in [1.54, 1.807) is 17.0 Å². The summed E-state index contributed by atoms with van der Waals surface area (Å²) in [4.78, 5) is 29.6. The van der Waals surface area contributed by atoms with Gasteiger partial charge < -0.3 is 25.0 Å². The fraction of sp³-hybridized carbons (Fsp3) is 0.455. The highest BCUT2D eigenvalue weighted by Crippen LogP contribution is 2.32. The number of rotatable bonds is 10. The van der Waals surface area contributed by atoms with Gasteiger partial charge in [0.1, 0.15) is 17.3 Å². The Labute approximate surface area is 252 Å². The number of aliphatic hydroxyl groups is 1. The molecule has 0 bridgehead atoms. The Bertz CT molecular complexity index is 1420. The molecule has 2 amide bonds. The van der Waals surface area contributed by atoms with Crippen LogP contribution in [0.25, 0.3) is 11.3 Å². The molecule has 5 rings (SSSR count). The summed E-state index contributed by atoms with van der Waals surface area (Å²) in [5.41, 5.74) is 2.92. The number of carbonyl (C=O) groups is 2. The second-order valence-electron chi connectivity index (χ2n) is 12.0. The van der Waals surface area contributed by atoms with E-state index < -0.39 is 11.7 Å². The maximum absolute atomic E-state index is 15.4. The van der Waals surface area contributed by atoms with Crippen molar-refractivity contribution in [3.63, 3.8) is 0 Å². The molecule has 2 saturated heterocycles. The quantitative estimate of drug-likeness (QED) is 0.351. The Kier molecular flexibility index (Phi) is 9.67. The molecule has 1 unspecified atom stereocenters. The predicted octanol–water partition coefficient (Wildman–Crippen LogP) is 4.75. The van der Waals surface area contributed by atoms with Gasteiger partial charge in [0.05, 0.1) is 23.6 Å². The van der Waals surface area contributed by atoms with Gasteiger partial charge in [-0.25, -0.2) is 4.39 Å². The summed E-state index contributed by atoms with van der Waals surface area (Å²) in [5, 5.41) is 20.8. The lowest BCUT2D eigenvalue weighted by Crippen LogP contribution is -2.45. The monoisotopic (exact) mass is 589 g/mol. The van der Waals surface area contributed by atoms with Crippen LogP contribution in [0.3, 0.4) is 0 Å². The number of hydrogen-bond donors (Lipinski definition) is 2. The van der Waals surface area contributed by atoms with Crippen molar-refractivity contribution in [3.8, 4) is 22.8 Å². The number of halogens is 1. The number of ether oxygens (including phenoxy) is 1. The molecule has 1 atom stereocenters. The number of carbonyl (C=O) groups excluding carboxylic acids is 2. The average molecular weight is 590 g/mol. The van der Waals surface area contributed by atoms with Gasteiger partial charge in [-0.05, 0) is 73.2 Å². The highest BCUT2D eigenvalue weighted by molar-refractivity contribution is 5.95. The molecule has 2 aliphatic rings. The minimum Gasteiger partial charge on any atom is -0.457 e. The van der Waals surface area contributed by atoms with Crippen molar-refractivity contribution in [3.05, 3.63) is 71.2 Å². The molecule has 1 aromatic heterocycles. The van der Waals surface area contributed by atoms with Crippen LogP contribution in [0.15, 0.2) is 48.5 Å². The van der Waals surface area contributed by atoms with E-state index >= 15 is 4.39 Å². The van der Waals surface area contributed by atoms with Crippen molar-refractivity contribution in [1.82, 2.24) is 25.3 Å². The average Bonchev–Trinajstić information content (AvgIpc) is 3.31. The number of aliphatic hydroxyl groups excluding tert-OH is 1. The van der Waals surface area contributed by atoms with Crippen molar-refractivity contribution in [2.24, 2.45) is 5.92 Å². The normalized spacial score (nSPS) is 18.0. The molecular weight excluding hydrogens is 549 g/mol. The number of aromatic nitrogens is 2. The van der Waals surface area contributed by atoms with Crippen molar-refractivity contribution in [1.29, 1.82) is 0 Å². The molecule has 2 fully saturated rings. The molecule has 3 aromatic rings. The number of hydrogen-bond acceptors (Lipinski definition) is 7. The number of likely N-dealkylation sites (tertiary alicyclic amines) is 2. The first-order valence-electron chi connectivity index (χ1n) is 15.1. The lowest BCUT2D eigenvalue weighted by atomic mass is 10.0. The summed E-state index contributed by atoms with van der Waals surface area (Å²) in [6.07, 6.45) is 1.90. The molecule has 228 valence electrons. The first-order chi connectivity index (χ1) is 20.7. The maximum Gasteiger partial charge on any atom is 0.254 e. The lowest BCUT2D eigenvalue weighted by molar-refractivity contribution is -0.128. The Morgan fingerprint density at radius 1 is 1.12 bits per heavy atom. The zero-order valence-corrected chi connectivity index (χ0v) is 25.1. The molecule has 10 heteroatoms. The molecule has 2 aromatic carbocycles. The third-order valence-electron chi connectivity index (χ3n) is 8.16. The molecular formula is C33H40FN5O4. The number of amides is 2. The van der Waals surface area contributed by atoms with Crippen LogP contribution in [0.4, 0.5) is 4.39 Å². The minimum atomic E-state index is -0.656. The number of nitrogens with zero attached hydrogens (tertiary/aromatic N) is 4. The SMILES string of the molecule is CC1CC(=O)N(Cc2cc(F)c(C(=O)NC3CCN(CCO)CC3)cc2Oc2ccc(-c3ccc(C(C)C)nn3)cc2)C1. The first kappa shape index (κ1) is 30.6. The van der Waals surface area contributed by atoms with Crippen molar-refractivity contribution in [2.45, 2.75) is 58.5 Å². The summed E-state index contributed by atoms with van der Waals surface area (Å²) < 4.78 is 21.7. The van der Waals surface area contributed by atoms with Crippen molar-refractivity contribution >= 4 is 11.8 Å². The van der Waals surface area contributed by atoms with E-state index in [9.17, 15) is 14.7 Å². The number of benzene rings is 2. The third-order valence-corrected chi connectivity index (χ3v) is 8.16. The zero-order chi connectivity index (χ0) is 30.5. The van der Waals surface area contributed by atoms with Gasteiger partial charge in [0.15, 0.2) is 0 Å². The Morgan fingerprint density at radius 2 is 1.86 bits per heavy atom. The van der Waals surface area contributed by atoms with Crippen LogP contribution in [0, 0.1) is 11.7 Å². The van der Waals surface area contributed by atoms with Gasteiger partial charge in [-0.2, -0.15) is 10.2 Å². The predicted molar refractivity (Wildman–Crippen MR) is 161 cm³/mol. The molecule has 0 saturated carbocycles. The van der Waals surface area contributed by atoms with Crippen LogP contribution in [0.1, 0.15) is 67.6 Å². The number of nitrogens with one attached hydrogen (secondary N) is 1. The second kappa shape index (κ2) is 13.6. The van der Waals surface area contributed by atoms with E-state index in [0.29, 0.717) is 36.6 Å².